The highest BCUT2D eigenvalue weighted by molar-refractivity contribution is 6.16. The minimum Gasteiger partial charge on any atom is -0.457 e. The molecule has 294 valence electrons. The molecular formula is C55H38N6O. The van der Waals surface area contributed by atoms with Gasteiger partial charge in [-0.1, -0.05) is 127 Å². The number of ether oxygens (including phenoxy) is 1. The lowest BCUT2D eigenvalue weighted by Gasteiger charge is -2.39. The Bertz CT molecular complexity index is 3090. The third-order valence-electron chi connectivity index (χ3n) is 12.4. The Kier molecular flexibility index (Phi) is 8.45. The third kappa shape index (κ3) is 5.77. The van der Waals surface area contributed by atoms with Crippen molar-refractivity contribution in [2.75, 3.05) is 0 Å². The molecule has 0 fully saturated rings. The number of aromatic nitrogens is 2. The second-order valence-corrected chi connectivity index (χ2v) is 16.0. The minimum absolute atomic E-state index is 0.489. The smallest absolute Gasteiger partial charge is 0.169 e. The summed E-state index contributed by atoms with van der Waals surface area (Å²) in [5.41, 5.74) is 15.3. The molecule has 0 bridgehead atoms. The fourth-order valence-corrected chi connectivity index (χ4v) is 9.63. The van der Waals surface area contributed by atoms with E-state index >= 15 is 0 Å². The Morgan fingerprint density at radius 2 is 1.19 bits per heavy atom. The molecule has 6 aromatic carbocycles. The summed E-state index contributed by atoms with van der Waals surface area (Å²) in [6.07, 6.45) is 8.92. The van der Waals surface area contributed by atoms with Crippen molar-refractivity contribution in [1.82, 2.24) is 15.3 Å². The molecule has 7 nitrogen and oxygen atoms in total. The summed E-state index contributed by atoms with van der Waals surface area (Å²) >= 11 is 0. The molecule has 0 radical (unpaired) electrons. The van der Waals surface area contributed by atoms with E-state index in [9.17, 15) is 0 Å². The molecule has 1 N–H and O–H groups in total. The molecule has 5 heterocycles. The van der Waals surface area contributed by atoms with Gasteiger partial charge in [0.1, 0.15) is 23.2 Å². The van der Waals surface area contributed by atoms with Gasteiger partial charge in [-0.15, -0.1) is 0 Å². The van der Waals surface area contributed by atoms with Gasteiger partial charge < -0.3 is 10.1 Å². The summed E-state index contributed by atoms with van der Waals surface area (Å²) in [5, 5.41) is 3.56. The van der Waals surface area contributed by atoms with E-state index in [-0.39, 0.29) is 0 Å². The van der Waals surface area contributed by atoms with Crippen molar-refractivity contribution in [3.63, 3.8) is 0 Å². The number of allylic oxidation sites excluding steroid dienone is 1. The first kappa shape index (κ1) is 35.9. The highest BCUT2D eigenvalue weighted by atomic mass is 16.5. The Morgan fingerprint density at radius 1 is 0.548 bits per heavy atom. The second-order valence-electron chi connectivity index (χ2n) is 16.0. The number of amidine groups is 2. The zero-order chi connectivity index (χ0) is 41.0. The van der Waals surface area contributed by atoms with Crippen molar-refractivity contribution >= 4 is 23.5 Å². The largest absolute Gasteiger partial charge is 0.457 e. The fourth-order valence-electron chi connectivity index (χ4n) is 9.63. The molecule has 2 aromatic heterocycles. The number of hydrogen-bond donors (Lipinski definition) is 1. The number of pyridine rings is 2. The second kappa shape index (κ2) is 14.6. The number of benzene rings is 6. The molecule has 7 heteroatoms. The van der Waals surface area contributed by atoms with Gasteiger partial charge >= 0.3 is 0 Å². The summed E-state index contributed by atoms with van der Waals surface area (Å²) in [6.45, 7) is 0. The lowest BCUT2D eigenvalue weighted by molar-refractivity contribution is 0.436. The van der Waals surface area contributed by atoms with Gasteiger partial charge in [0.25, 0.3) is 0 Å². The van der Waals surface area contributed by atoms with E-state index in [0.717, 1.165) is 109 Å². The van der Waals surface area contributed by atoms with Gasteiger partial charge in [-0.05, 0) is 94.3 Å². The molecule has 8 aromatic rings. The summed E-state index contributed by atoms with van der Waals surface area (Å²) in [4.78, 5) is 24.9. The topological polar surface area (TPSA) is 84.1 Å². The molecule has 1 aliphatic carbocycles. The quantitative estimate of drug-likeness (QED) is 0.182. The zero-order valence-corrected chi connectivity index (χ0v) is 33.6. The van der Waals surface area contributed by atoms with Gasteiger partial charge in [0, 0.05) is 58.2 Å². The summed E-state index contributed by atoms with van der Waals surface area (Å²) in [7, 11) is 0. The lowest BCUT2D eigenvalue weighted by atomic mass is 9.66. The molecule has 0 unspecified atom stereocenters. The Morgan fingerprint density at radius 3 is 1.85 bits per heavy atom. The van der Waals surface area contributed by atoms with Crippen LogP contribution in [0.2, 0.25) is 0 Å². The Labute approximate surface area is 359 Å². The molecule has 0 saturated carbocycles. The Balaban J connectivity index is 1.09. The number of rotatable bonds is 6. The number of aliphatic imine (C=N–C) groups is 3. The van der Waals surface area contributed by atoms with Crippen LogP contribution in [-0.4, -0.2) is 27.9 Å². The highest BCUT2D eigenvalue weighted by Gasteiger charge is 2.51. The fraction of sp³-hybridized carbons (Fsp3) is 0.0727. The van der Waals surface area contributed by atoms with Crippen LogP contribution in [0, 0.1) is 0 Å². The van der Waals surface area contributed by atoms with Crippen LogP contribution in [0.5, 0.6) is 11.5 Å². The molecule has 4 aliphatic rings. The maximum absolute atomic E-state index is 6.67. The SMILES string of the molecule is C1=NC=C(c2ccc(-c3ccc4c(c3)-c3cc(C5N=C(c6ccccc6)NC(c6ccccc6)=N5)ccc3C43c4ccccc4Oc4ccccc43)c(-c3cccnc3)n2)CC1. The van der Waals surface area contributed by atoms with Crippen LogP contribution in [0.3, 0.4) is 0 Å². The van der Waals surface area contributed by atoms with E-state index in [1.54, 1.807) is 6.20 Å². The first-order valence-corrected chi connectivity index (χ1v) is 21.0. The average molecular weight is 799 g/mol. The number of hydrogen-bond acceptors (Lipinski definition) is 7. The number of nitrogens with one attached hydrogen (secondary N) is 1. The minimum atomic E-state index is -0.638. The van der Waals surface area contributed by atoms with Crippen LogP contribution in [0.25, 0.3) is 39.1 Å². The zero-order valence-electron chi connectivity index (χ0n) is 33.6. The van der Waals surface area contributed by atoms with Crippen LogP contribution in [0.1, 0.15) is 63.6 Å². The van der Waals surface area contributed by atoms with Crippen molar-refractivity contribution < 1.29 is 4.74 Å². The average Bonchev–Trinajstić information content (AvgIpc) is 3.64. The van der Waals surface area contributed by atoms with Crippen LogP contribution < -0.4 is 10.1 Å². The molecule has 0 atom stereocenters. The van der Waals surface area contributed by atoms with Gasteiger partial charge in [-0.3, -0.25) is 9.98 Å². The molecule has 0 saturated heterocycles. The molecule has 1 spiro atoms. The van der Waals surface area contributed by atoms with E-state index in [0.29, 0.717) is 0 Å². The summed E-state index contributed by atoms with van der Waals surface area (Å²) in [5.74, 6) is 3.27. The van der Waals surface area contributed by atoms with E-state index in [1.165, 1.54) is 11.1 Å². The number of para-hydroxylation sites is 2. The van der Waals surface area contributed by atoms with Crippen molar-refractivity contribution in [3.05, 3.63) is 233 Å². The first-order chi connectivity index (χ1) is 30.7. The third-order valence-corrected chi connectivity index (χ3v) is 12.4. The Hall–Kier alpha value is -8.03. The van der Waals surface area contributed by atoms with E-state index in [2.05, 4.69) is 143 Å². The van der Waals surface area contributed by atoms with Crippen LogP contribution in [0.15, 0.2) is 203 Å². The normalized spacial score (nSPS) is 15.5. The monoisotopic (exact) mass is 798 g/mol. The van der Waals surface area contributed by atoms with E-state index in [1.807, 2.05) is 61.1 Å². The van der Waals surface area contributed by atoms with Gasteiger partial charge in [-0.25, -0.2) is 15.0 Å². The summed E-state index contributed by atoms with van der Waals surface area (Å²) in [6, 6.07) is 59.7. The maximum atomic E-state index is 6.67. The molecular weight excluding hydrogens is 761 g/mol. The van der Waals surface area contributed by atoms with E-state index < -0.39 is 11.6 Å². The molecule has 0 amide bonds. The molecule has 12 rings (SSSR count). The standard InChI is InChI=1S/C55H38N6O/c1-3-13-35(14-4-1)52-59-53(36-15-5-2-6-16-36)61-54(60-52)38-24-27-45-43(32-38)42-31-37(41-25-28-48(39-17-11-29-56-33-39)58-51(41)40-18-12-30-57-34-40)23-26-44(42)55(45)46-19-7-9-21-49(46)62-50-22-10-8-20-47(50)55/h1-10,12-16,18-34,54H,11,17H2,(H,59,60,61). The van der Waals surface area contributed by atoms with Crippen LogP contribution >= 0.6 is 0 Å². The van der Waals surface area contributed by atoms with Crippen molar-refractivity contribution in [1.29, 1.82) is 0 Å². The lowest BCUT2D eigenvalue weighted by Crippen LogP contribution is -2.36. The number of fused-ring (bicyclic) bond motifs is 9. The van der Waals surface area contributed by atoms with Crippen molar-refractivity contribution in [2.45, 2.75) is 24.4 Å². The molecule has 3 aliphatic heterocycles. The predicted octanol–water partition coefficient (Wildman–Crippen LogP) is 12.0. The number of nitrogens with zero attached hydrogens (tertiary/aromatic N) is 5. The van der Waals surface area contributed by atoms with Crippen molar-refractivity contribution in [3.8, 4) is 45.0 Å². The van der Waals surface area contributed by atoms with Gasteiger partial charge in [0.05, 0.1) is 16.8 Å². The predicted molar refractivity (Wildman–Crippen MR) is 248 cm³/mol. The van der Waals surface area contributed by atoms with Gasteiger partial charge in [0.15, 0.2) is 6.17 Å². The van der Waals surface area contributed by atoms with Gasteiger partial charge in [0.2, 0.25) is 0 Å². The van der Waals surface area contributed by atoms with E-state index in [4.69, 9.17) is 19.7 Å². The van der Waals surface area contributed by atoms with Crippen LogP contribution in [-0.2, 0) is 5.41 Å². The van der Waals surface area contributed by atoms with Crippen molar-refractivity contribution in [2.24, 2.45) is 15.0 Å². The maximum Gasteiger partial charge on any atom is 0.169 e. The highest BCUT2D eigenvalue weighted by Crippen LogP contribution is 2.62. The van der Waals surface area contributed by atoms with Gasteiger partial charge in [-0.2, -0.15) is 0 Å². The first-order valence-electron chi connectivity index (χ1n) is 21.0. The molecule has 62 heavy (non-hydrogen) atoms. The van der Waals surface area contributed by atoms with Crippen LogP contribution in [0.4, 0.5) is 0 Å². The summed E-state index contributed by atoms with van der Waals surface area (Å²) < 4.78 is 6.67.